The van der Waals surface area contributed by atoms with Crippen LogP contribution in [0.5, 0.6) is 0 Å². The van der Waals surface area contributed by atoms with Gasteiger partial charge in [0.2, 0.25) is 0 Å². The smallest absolute Gasteiger partial charge is 0.116 e. The third kappa shape index (κ3) is 3.57. The van der Waals surface area contributed by atoms with Gasteiger partial charge in [-0.1, -0.05) is 6.07 Å². The largest absolute Gasteiger partial charge is 0.382 e. The Balaban J connectivity index is 1.45. The van der Waals surface area contributed by atoms with Gasteiger partial charge in [0.15, 0.2) is 0 Å². The lowest BCUT2D eigenvalue weighted by atomic mass is 10.0. The van der Waals surface area contributed by atoms with E-state index in [0.717, 1.165) is 61.3 Å². The van der Waals surface area contributed by atoms with Crippen LogP contribution in [0.3, 0.4) is 0 Å². The van der Waals surface area contributed by atoms with Crippen molar-refractivity contribution in [3.05, 3.63) is 79.5 Å². The summed E-state index contributed by atoms with van der Waals surface area (Å²) in [5.74, 6) is 0. The van der Waals surface area contributed by atoms with Crippen molar-refractivity contribution in [3.63, 3.8) is 0 Å². The molecule has 0 bridgehead atoms. The highest BCUT2D eigenvalue weighted by atomic mass is 15.1. The van der Waals surface area contributed by atoms with Crippen molar-refractivity contribution in [3.8, 4) is 33.8 Å². The number of rotatable bonds is 5. The molecule has 0 saturated carbocycles. The zero-order chi connectivity index (χ0) is 23.1. The van der Waals surface area contributed by atoms with E-state index in [0.29, 0.717) is 6.04 Å². The van der Waals surface area contributed by atoms with E-state index in [1.54, 1.807) is 12.4 Å². The monoisotopic (exact) mass is 445 g/mol. The molecule has 1 aromatic carbocycles. The Labute approximate surface area is 196 Å². The van der Waals surface area contributed by atoms with E-state index < -0.39 is 0 Å². The van der Waals surface area contributed by atoms with Gasteiger partial charge in [-0.15, -0.1) is 0 Å². The van der Waals surface area contributed by atoms with Crippen LogP contribution in [0.1, 0.15) is 13.8 Å². The average Bonchev–Trinajstić information content (AvgIpc) is 3.48. The average molecular weight is 446 g/mol. The van der Waals surface area contributed by atoms with Gasteiger partial charge in [-0.25, -0.2) is 0 Å². The standard InChI is InChI=1S/C27H23N7/c1-16(2)31-20-11-19(14-29-15-20)18-3-4-24-21(12-18)27(34-33-24)25-13-22-23(32-25)7-10-30-26(22)17-5-8-28-9-6-17/h3-16,31-32H,1-2H3,(H,33,34). The molecule has 0 saturated heterocycles. The lowest BCUT2D eigenvalue weighted by Gasteiger charge is -2.11. The number of anilines is 1. The number of nitrogens with zero attached hydrogens (tertiary/aromatic N) is 4. The first-order chi connectivity index (χ1) is 16.7. The van der Waals surface area contributed by atoms with E-state index in [9.17, 15) is 0 Å². The number of aromatic amines is 2. The van der Waals surface area contributed by atoms with Gasteiger partial charge in [-0.05, 0) is 61.9 Å². The first kappa shape index (κ1) is 20.1. The molecule has 6 rings (SSSR count). The Kier molecular flexibility index (Phi) is 4.80. The van der Waals surface area contributed by atoms with Crippen molar-refractivity contribution < 1.29 is 0 Å². The highest BCUT2D eigenvalue weighted by Gasteiger charge is 2.15. The molecule has 34 heavy (non-hydrogen) atoms. The van der Waals surface area contributed by atoms with Gasteiger partial charge in [-0.2, -0.15) is 5.10 Å². The van der Waals surface area contributed by atoms with Crippen LogP contribution in [0.4, 0.5) is 5.69 Å². The van der Waals surface area contributed by atoms with Crippen molar-refractivity contribution >= 4 is 27.5 Å². The predicted octanol–water partition coefficient (Wildman–Crippen LogP) is 6.05. The Hall–Kier alpha value is -4.52. The number of hydrogen-bond acceptors (Lipinski definition) is 5. The summed E-state index contributed by atoms with van der Waals surface area (Å²) in [6.45, 7) is 4.23. The molecule has 7 heteroatoms. The van der Waals surface area contributed by atoms with Crippen LogP contribution in [0, 0.1) is 0 Å². The molecular weight excluding hydrogens is 422 g/mol. The first-order valence-electron chi connectivity index (χ1n) is 11.2. The van der Waals surface area contributed by atoms with Gasteiger partial charge in [0.05, 0.1) is 22.6 Å². The third-order valence-corrected chi connectivity index (χ3v) is 5.85. The topological polar surface area (TPSA) is 95.2 Å². The van der Waals surface area contributed by atoms with E-state index >= 15 is 0 Å². The zero-order valence-electron chi connectivity index (χ0n) is 18.9. The quantitative estimate of drug-likeness (QED) is 0.300. The molecule has 7 nitrogen and oxygen atoms in total. The lowest BCUT2D eigenvalue weighted by Crippen LogP contribution is -2.09. The molecule has 0 aliphatic heterocycles. The predicted molar refractivity (Wildman–Crippen MR) is 136 cm³/mol. The second-order valence-electron chi connectivity index (χ2n) is 8.63. The summed E-state index contributed by atoms with van der Waals surface area (Å²) in [7, 11) is 0. The lowest BCUT2D eigenvalue weighted by molar-refractivity contribution is 0.898. The number of hydrogen-bond donors (Lipinski definition) is 3. The normalized spacial score (nSPS) is 11.5. The van der Waals surface area contributed by atoms with E-state index in [2.05, 4.69) is 79.6 Å². The van der Waals surface area contributed by atoms with Crippen LogP contribution in [-0.4, -0.2) is 36.2 Å². The van der Waals surface area contributed by atoms with Crippen LogP contribution in [0.25, 0.3) is 55.6 Å². The fourth-order valence-corrected chi connectivity index (χ4v) is 4.33. The highest BCUT2D eigenvalue weighted by Crippen LogP contribution is 2.34. The molecule has 166 valence electrons. The number of benzene rings is 1. The van der Waals surface area contributed by atoms with Gasteiger partial charge in [0, 0.05) is 64.4 Å². The molecule has 5 aromatic heterocycles. The zero-order valence-corrected chi connectivity index (χ0v) is 18.9. The molecule has 0 aliphatic rings. The summed E-state index contributed by atoms with van der Waals surface area (Å²) in [5, 5.41) is 13.3. The molecule has 0 atom stereocenters. The number of H-pyrrole nitrogens is 2. The van der Waals surface area contributed by atoms with Gasteiger partial charge in [0.1, 0.15) is 5.69 Å². The second kappa shape index (κ2) is 8.12. The first-order valence-corrected chi connectivity index (χ1v) is 11.2. The maximum absolute atomic E-state index is 4.64. The van der Waals surface area contributed by atoms with Crippen LogP contribution < -0.4 is 5.32 Å². The Bertz CT molecular complexity index is 1610. The third-order valence-electron chi connectivity index (χ3n) is 5.85. The highest BCUT2D eigenvalue weighted by molar-refractivity contribution is 6.00. The van der Waals surface area contributed by atoms with Crippen LogP contribution in [0.15, 0.2) is 79.5 Å². The number of fused-ring (bicyclic) bond motifs is 2. The number of pyridine rings is 3. The van der Waals surface area contributed by atoms with Crippen LogP contribution in [-0.2, 0) is 0 Å². The molecule has 0 unspecified atom stereocenters. The van der Waals surface area contributed by atoms with E-state index in [4.69, 9.17) is 0 Å². The van der Waals surface area contributed by atoms with Gasteiger partial charge < -0.3 is 10.3 Å². The summed E-state index contributed by atoms with van der Waals surface area (Å²) in [5.41, 5.74) is 8.91. The fraction of sp³-hybridized carbons (Fsp3) is 0.111. The summed E-state index contributed by atoms with van der Waals surface area (Å²) < 4.78 is 0. The van der Waals surface area contributed by atoms with Crippen molar-refractivity contribution in [2.75, 3.05) is 5.32 Å². The Morgan fingerprint density at radius 2 is 1.59 bits per heavy atom. The summed E-state index contributed by atoms with van der Waals surface area (Å²) >= 11 is 0. The molecule has 0 aliphatic carbocycles. The SMILES string of the molecule is CC(C)Nc1cncc(-c2ccc3[nH]nc(-c4cc5c(-c6ccncc6)nccc5[nH]4)c3c2)c1. The van der Waals surface area contributed by atoms with Gasteiger partial charge >= 0.3 is 0 Å². The maximum Gasteiger partial charge on any atom is 0.116 e. The molecule has 0 spiro atoms. The molecule has 0 radical (unpaired) electrons. The van der Waals surface area contributed by atoms with Crippen molar-refractivity contribution in [2.45, 2.75) is 19.9 Å². The van der Waals surface area contributed by atoms with Gasteiger partial charge in [-0.3, -0.25) is 20.1 Å². The minimum atomic E-state index is 0.341. The van der Waals surface area contributed by atoms with Crippen molar-refractivity contribution in [1.29, 1.82) is 0 Å². The van der Waals surface area contributed by atoms with Crippen molar-refractivity contribution in [2.24, 2.45) is 0 Å². The number of aromatic nitrogens is 6. The Morgan fingerprint density at radius 1 is 0.735 bits per heavy atom. The van der Waals surface area contributed by atoms with Gasteiger partial charge in [0.25, 0.3) is 0 Å². The minimum absolute atomic E-state index is 0.341. The fourth-order valence-electron chi connectivity index (χ4n) is 4.33. The molecular formula is C27H23N7. The molecule has 0 amide bonds. The summed E-state index contributed by atoms with van der Waals surface area (Å²) in [6, 6.07) is 16.8. The van der Waals surface area contributed by atoms with Crippen LogP contribution >= 0.6 is 0 Å². The maximum atomic E-state index is 4.64. The minimum Gasteiger partial charge on any atom is -0.382 e. The van der Waals surface area contributed by atoms with E-state index in [1.807, 2.05) is 36.8 Å². The number of nitrogens with one attached hydrogen (secondary N) is 3. The summed E-state index contributed by atoms with van der Waals surface area (Å²) in [6.07, 6.45) is 9.13. The van der Waals surface area contributed by atoms with E-state index in [-0.39, 0.29) is 0 Å². The second-order valence-corrected chi connectivity index (χ2v) is 8.63. The molecule has 0 fully saturated rings. The molecule has 3 N–H and O–H groups in total. The molecule has 6 aromatic rings. The summed E-state index contributed by atoms with van der Waals surface area (Å²) in [4.78, 5) is 16.7. The van der Waals surface area contributed by atoms with Crippen LogP contribution in [0.2, 0.25) is 0 Å². The van der Waals surface area contributed by atoms with Crippen molar-refractivity contribution in [1.82, 2.24) is 30.1 Å². The Morgan fingerprint density at radius 3 is 2.44 bits per heavy atom. The molecule has 5 heterocycles. The van der Waals surface area contributed by atoms with E-state index in [1.165, 1.54) is 0 Å².